The van der Waals surface area contributed by atoms with Gasteiger partial charge in [-0.25, -0.2) is 0 Å². The molecule has 0 aliphatic carbocycles. The van der Waals surface area contributed by atoms with Crippen LogP contribution in [0.5, 0.6) is 0 Å². The standard InChI is InChI=1S/C27H36O15/c1-13(29)35-12-19-21(23(37-14(2)30)24(26(34)40-19)38-15(3)31)42-27-25(39-16(4)32)22(20(33)18(10-28)41-27)36-11-17-8-6-5-7-9-17/h5-9,18-28,33-34H,10-12H2,1-4H3/t18-,19-,20+,21-,22+,23+,24-,25-,26-,27+/m1/s1. The Labute approximate surface area is 241 Å². The SMILES string of the molecule is CC(=O)OC[C@H]1O[C@@H](O)[C@H](OC(C)=O)[C@@H](OC(C)=O)[C@@H]1O[C@@H]1O[C@H](CO)[C@H](O)[C@H](OCc2ccccc2)[C@H]1OC(C)=O. The van der Waals surface area contributed by atoms with Crippen molar-refractivity contribution in [1.29, 1.82) is 0 Å². The molecule has 15 heteroatoms. The number of hydrogen-bond acceptors (Lipinski definition) is 15. The Kier molecular flexibility index (Phi) is 12.2. The lowest BCUT2D eigenvalue weighted by molar-refractivity contribution is -0.359. The van der Waals surface area contributed by atoms with Crippen molar-refractivity contribution in [3.63, 3.8) is 0 Å². The zero-order valence-electron chi connectivity index (χ0n) is 23.5. The third kappa shape index (κ3) is 8.91. The Morgan fingerprint density at radius 3 is 1.90 bits per heavy atom. The zero-order chi connectivity index (χ0) is 31.0. The van der Waals surface area contributed by atoms with Gasteiger partial charge in [0.1, 0.15) is 37.1 Å². The summed E-state index contributed by atoms with van der Waals surface area (Å²) in [5.74, 6) is -3.19. The number of esters is 4. The molecule has 0 bridgehead atoms. The molecule has 2 aliphatic heterocycles. The highest BCUT2D eigenvalue weighted by Crippen LogP contribution is 2.34. The second-order valence-electron chi connectivity index (χ2n) is 9.67. The summed E-state index contributed by atoms with van der Waals surface area (Å²) >= 11 is 0. The summed E-state index contributed by atoms with van der Waals surface area (Å²) in [4.78, 5) is 47.6. The van der Waals surface area contributed by atoms with E-state index < -0.39 is 98.5 Å². The quantitative estimate of drug-likeness (QED) is 0.208. The first-order valence-electron chi connectivity index (χ1n) is 13.1. The molecule has 0 radical (unpaired) electrons. The van der Waals surface area contributed by atoms with E-state index in [2.05, 4.69) is 0 Å². The molecule has 3 rings (SSSR count). The van der Waals surface area contributed by atoms with Gasteiger partial charge in [-0.3, -0.25) is 19.2 Å². The fraction of sp³-hybridized carbons (Fsp3) is 0.630. The molecule has 0 amide bonds. The van der Waals surface area contributed by atoms with Gasteiger partial charge < -0.3 is 53.2 Å². The molecular weight excluding hydrogens is 564 g/mol. The van der Waals surface area contributed by atoms with Gasteiger partial charge in [-0.2, -0.15) is 0 Å². The van der Waals surface area contributed by atoms with E-state index in [0.29, 0.717) is 0 Å². The topological polar surface area (TPSA) is 203 Å². The molecule has 1 aromatic carbocycles. The lowest BCUT2D eigenvalue weighted by atomic mass is 9.96. The highest BCUT2D eigenvalue weighted by atomic mass is 16.8. The van der Waals surface area contributed by atoms with Crippen molar-refractivity contribution in [2.75, 3.05) is 13.2 Å². The minimum atomic E-state index is -1.83. The number of carbonyl (C=O) groups is 4. The highest BCUT2D eigenvalue weighted by Gasteiger charge is 2.55. The van der Waals surface area contributed by atoms with Gasteiger partial charge in [-0.15, -0.1) is 0 Å². The number of rotatable bonds is 11. The summed E-state index contributed by atoms with van der Waals surface area (Å²) in [5, 5.41) is 31.5. The minimum absolute atomic E-state index is 0.0242. The van der Waals surface area contributed by atoms with Gasteiger partial charge in [-0.1, -0.05) is 30.3 Å². The van der Waals surface area contributed by atoms with Gasteiger partial charge in [0, 0.05) is 27.7 Å². The molecule has 234 valence electrons. The van der Waals surface area contributed by atoms with Gasteiger partial charge in [0.05, 0.1) is 13.2 Å². The Bertz CT molecular complexity index is 1060. The summed E-state index contributed by atoms with van der Waals surface area (Å²) < 4.78 is 44.4. The van der Waals surface area contributed by atoms with Crippen molar-refractivity contribution < 1.29 is 72.4 Å². The molecule has 2 fully saturated rings. The van der Waals surface area contributed by atoms with Crippen molar-refractivity contribution in [2.24, 2.45) is 0 Å². The van der Waals surface area contributed by atoms with Gasteiger partial charge in [0.15, 0.2) is 30.9 Å². The second-order valence-corrected chi connectivity index (χ2v) is 9.67. The van der Waals surface area contributed by atoms with Crippen LogP contribution in [0.25, 0.3) is 0 Å². The molecule has 10 atom stereocenters. The lowest BCUT2D eigenvalue weighted by Crippen LogP contribution is -2.66. The second kappa shape index (κ2) is 15.3. The Morgan fingerprint density at radius 1 is 0.738 bits per heavy atom. The van der Waals surface area contributed by atoms with Gasteiger partial charge in [0.25, 0.3) is 0 Å². The normalized spacial score (nSPS) is 32.8. The number of ether oxygens (including phenoxy) is 8. The fourth-order valence-corrected chi connectivity index (χ4v) is 4.62. The summed E-state index contributed by atoms with van der Waals surface area (Å²) in [6.45, 7) is 3.13. The van der Waals surface area contributed by atoms with E-state index in [1.807, 2.05) is 0 Å². The van der Waals surface area contributed by atoms with E-state index in [-0.39, 0.29) is 6.61 Å². The van der Waals surface area contributed by atoms with Crippen LogP contribution >= 0.6 is 0 Å². The molecule has 2 heterocycles. The molecule has 15 nitrogen and oxygen atoms in total. The first kappa shape index (κ1) is 33.3. The summed E-state index contributed by atoms with van der Waals surface area (Å²) in [6.07, 6.45) is -14.9. The Morgan fingerprint density at radius 2 is 1.33 bits per heavy atom. The third-order valence-electron chi connectivity index (χ3n) is 6.34. The third-order valence-corrected chi connectivity index (χ3v) is 6.34. The molecule has 2 saturated heterocycles. The Hall–Kier alpha value is -3.18. The monoisotopic (exact) mass is 600 g/mol. The van der Waals surface area contributed by atoms with Crippen molar-refractivity contribution in [2.45, 2.75) is 95.7 Å². The van der Waals surface area contributed by atoms with Crippen LogP contribution < -0.4 is 0 Å². The van der Waals surface area contributed by atoms with Crippen molar-refractivity contribution in [1.82, 2.24) is 0 Å². The number of aliphatic hydroxyl groups excluding tert-OH is 3. The zero-order valence-corrected chi connectivity index (χ0v) is 23.5. The average molecular weight is 601 g/mol. The van der Waals surface area contributed by atoms with E-state index >= 15 is 0 Å². The maximum absolute atomic E-state index is 12.1. The number of benzene rings is 1. The van der Waals surface area contributed by atoms with Gasteiger partial charge in [0.2, 0.25) is 0 Å². The largest absolute Gasteiger partial charge is 0.463 e. The molecule has 42 heavy (non-hydrogen) atoms. The van der Waals surface area contributed by atoms with Crippen LogP contribution in [0.15, 0.2) is 30.3 Å². The molecule has 1 aromatic rings. The molecular formula is C27H36O15. The smallest absolute Gasteiger partial charge is 0.303 e. The van der Waals surface area contributed by atoms with Crippen LogP contribution in [0.4, 0.5) is 0 Å². The number of aliphatic hydroxyl groups is 3. The van der Waals surface area contributed by atoms with Crippen LogP contribution in [0.1, 0.15) is 33.3 Å². The molecule has 0 unspecified atom stereocenters. The van der Waals surface area contributed by atoms with Crippen molar-refractivity contribution >= 4 is 23.9 Å². The maximum atomic E-state index is 12.1. The lowest BCUT2D eigenvalue weighted by Gasteiger charge is -2.47. The summed E-state index contributed by atoms with van der Waals surface area (Å²) in [5.41, 5.74) is 0.728. The Balaban J connectivity index is 1.99. The van der Waals surface area contributed by atoms with E-state index in [1.54, 1.807) is 30.3 Å². The number of carbonyl (C=O) groups excluding carboxylic acids is 4. The highest BCUT2D eigenvalue weighted by molar-refractivity contribution is 5.68. The predicted molar refractivity (Wildman–Crippen MR) is 136 cm³/mol. The van der Waals surface area contributed by atoms with Crippen LogP contribution in [0.3, 0.4) is 0 Å². The maximum Gasteiger partial charge on any atom is 0.303 e. The molecule has 2 aliphatic rings. The molecule has 0 spiro atoms. The fourth-order valence-electron chi connectivity index (χ4n) is 4.62. The van der Waals surface area contributed by atoms with Crippen LogP contribution in [0, 0.1) is 0 Å². The van der Waals surface area contributed by atoms with Gasteiger partial charge >= 0.3 is 23.9 Å². The van der Waals surface area contributed by atoms with Crippen molar-refractivity contribution in [3.05, 3.63) is 35.9 Å². The summed E-state index contributed by atoms with van der Waals surface area (Å²) in [6, 6.07) is 8.90. The van der Waals surface area contributed by atoms with Crippen molar-refractivity contribution in [3.8, 4) is 0 Å². The van der Waals surface area contributed by atoms with Gasteiger partial charge in [-0.05, 0) is 5.56 Å². The molecule has 0 saturated carbocycles. The van der Waals surface area contributed by atoms with Crippen LogP contribution in [0.2, 0.25) is 0 Å². The van der Waals surface area contributed by atoms with E-state index in [4.69, 9.17) is 37.9 Å². The average Bonchev–Trinajstić information content (AvgIpc) is 2.91. The molecule has 3 N–H and O–H groups in total. The van der Waals surface area contributed by atoms with Crippen LogP contribution in [-0.4, -0.2) is 114 Å². The minimum Gasteiger partial charge on any atom is -0.463 e. The molecule has 0 aromatic heterocycles. The first-order chi connectivity index (χ1) is 19.9. The van der Waals surface area contributed by atoms with E-state index in [9.17, 15) is 34.5 Å². The predicted octanol–water partition coefficient (Wildman–Crippen LogP) is -0.889. The van der Waals surface area contributed by atoms with E-state index in [0.717, 1.165) is 33.3 Å². The van der Waals surface area contributed by atoms with Crippen LogP contribution in [-0.2, 0) is 63.7 Å². The first-order valence-corrected chi connectivity index (χ1v) is 13.1. The van der Waals surface area contributed by atoms with E-state index in [1.165, 1.54) is 0 Å². The number of hydrogen-bond donors (Lipinski definition) is 3. The summed E-state index contributed by atoms with van der Waals surface area (Å²) in [7, 11) is 0.